The molecule has 3 nitrogen and oxygen atoms in total. The summed E-state index contributed by atoms with van der Waals surface area (Å²) in [5.41, 5.74) is 1.26. The van der Waals surface area contributed by atoms with Crippen molar-refractivity contribution in [2.75, 3.05) is 20.6 Å². The van der Waals surface area contributed by atoms with Gasteiger partial charge in [0.05, 0.1) is 12.8 Å². The van der Waals surface area contributed by atoms with Gasteiger partial charge in [-0.1, -0.05) is 13.8 Å². The summed E-state index contributed by atoms with van der Waals surface area (Å²) in [5, 5.41) is 3.15. The Morgan fingerprint density at radius 2 is 2.20 bits per heavy atom. The number of nitrogens with one attached hydrogen (secondary N) is 1. The highest BCUT2D eigenvalue weighted by atomic mass is 16.3. The number of rotatable bonds is 6. The lowest BCUT2D eigenvalue weighted by molar-refractivity contribution is 0.263. The van der Waals surface area contributed by atoms with Gasteiger partial charge in [0.2, 0.25) is 0 Å². The molecule has 0 aliphatic rings. The van der Waals surface area contributed by atoms with Gasteiger partial charge in [-0.05, 0) is 26.1 Å². The number of furan rings is 1. The van der Waals surface area contributed by atoms with Gasteiger partial charge in [-0.2, -0.15) is 0 Å². The van der Waals surface area contributed by atoms with E-state index in [1.54, 1.807) is 6.26 Å². The van der Waals surface area contributed by atoms with E-state index >= 15 is 0 Å². The van der Waals surface area contributed by atoms with E-state index in [0.717, 1.165) is 25.4 Å². The van der Waals surface area contributed by atoms with Crippen LogP contribution >= 0.6 is 0 Å². The zero-order valence-corrected chi connectivity index (χ0v) is 10.2. The predicted molar refractivity (Wildman–Crippen MR) is 62.6 cm³/mol. The molecule has 1 rings (SSSR count). The second kappa shape index (κ2) is 5.93. The molecule has 0 bridgehead atoms. The Hall–Kier alpha value is -0.800. The summed E-state index contributed by atoms with van der Waals surface area (Å²) in [6.07, 6.45) is 1.77. The van der Waals surface area contributed by atoms with Crippen LogP contribution in [0.15, 0.2) is 16.7 Å². The van der Waals surface area contributed by atoms with Gasteiger partial charge < -0.3 is 9.73 Å². The maximum atomic E-state index is 5.49. The average Bonchev–Trinajstić information content (AvgIpc) is 2.52. The molecule has 0 aromatic carbocycles. The third kappa shape index (κ3) is 4.06. The van der Waals surface area contributed by atoms with Gasteiger partial charge in [0.1, 0.15) is 5.76 Å². The standard InChI is InChI=1S/C12H22N2O/c1-10(2)8-14(4)9-12-11(7-13-3)5-6-15-12/h5-6,10,13H,7-9H2,1-4H3. The zero-order valence-electron chi connectivity index (χ0n) is 10.2. The SMILES string of the molecule is CNCc1ccoc1CN(C)CC(C)C. The summed E-state index contributed by atoms with van der Waals surface area (Å²) < 4.78 is 5.49. The number of hydrogen-bond donors (Lipinski definition) is 1. The molecule has 0 spiro atoms. The largest absolute Gasteiger partial charge is 0.468 e. The van der Waals surface area contributed by atoms with Crippen molar-refractivity contribution in [3.05, 3.63) is 23.7 Å². The van der Waals surface area contributed by atoms with Crippen LogP contribution in [0.2, 0.25) is 0 Å². The van der Waals surface area contributed by atoms with Crippen LogP contribution in [0.25, 0.3) is 0 Å². The van der Waals surface area contributed by atoms with Crippen LogP contribution in [0.3, 0.4) is 0 Å². The molecule has 0 fully saturated rings. The van der Waals surface area contributed by atoms with E-state index in [1.165, 1.54) is 5.56 Å². The molecule has 1 aromatic heterocycles. The Kier molecular flexibility index (Phi) is 4.85. The molecule has 86 valence electrons. The lowest BCUT2D eigenvalue weighted by Gasteiger charge is -2.18. The summed E-state index contributed by atoms with van der Waals surface area (Å²) in [5.74, 6) is 1.77. The molecular weight excluding hydrogens is 188 g/mol. The van der Waals surface area contributed by atoms with E-state index in [1.807, 2.05) is 13.1 Å². The third-order valence-electron chi connectivity index (χ3n) is 2.30. The normalized spacial score (nSPS) is 11.6. The highest BCUT2D eigenvalue weighted by Gasteiger charge is 2.09. The molecule has 1 heterocycles. The molecule has 0 radical (unpaired) electrons. The quantitative estimate of drug-likeness (QED) is 0.779. The van der Waals surface area contributed by atoms with Crippen molar-refractivity contribution in [1.82, 2.24) is 10.2 Å². The van der Waals surface area contributed by atoms with E-state index in [0.29, 0.717) is 5.92 Å². The first-order valence-corrected chi connectivity index (χ1v) is 5.52. The molecule has 0 saturated carbocycles. The minimum absolute atomic E-state index is 0.692. The van der Waals surface area contributed by atoms with E-state index in [4.69, 9.17) is 4.42 Å². The maximum absolute atomic E-state index is 5.49. The van der Waals surface area contributed by atoms with Gasteiger partial charge in [-0.3, -0.25) is 4.90 Å². The van der Waals surface area contributed by atoms with Crippen LogP contribution in [0.1, 0.15) is 25.2 Å². The second-order valence-corrected chi connectivity index (χ2v) is 4.49. The van der Waals surface area contributed by atoms with Gasteiger partial charge in [0.15, 0.2) is 0 Å². The minimum atomic E-state index is 0.692. The summed E-state index contributed by atoms with van der Waals surface area (Å²) in [6, 6.07) is 2.04. The Bertz CT molecular complexity index is 281. The monoisotopic (exact) mass is 210 g/mol. The van der Waals surface area contributed by atoms with Gasteiger partial charge in [0.25, 0.3) is 0 Å². The van der Waals surface area contributed by atoms with Crippen LogP contribution < -0.4 is 5.32 Å². The van der Waals surface area contributed by atoms with Crippen LogP contribution in [-0.4, -0.2) is 25.5 Å². The minimum Gasteiger partial charge on any atom is -0.468 e. The van der Waals surface area contributed by atoms with E-state index in [2.05, 4.69) is 31.1 Å². The highest BCUT2D eigenvalue weighted by Crippen LogP contribution is 2.13. The Morgan fingerprint density at radius 1 is 1.47 bits per heavy atom. The molecule has 1 aromatic rings. The van der Waals surface area contributed by atoms with Crippen molar-refractivity contribution in [1.29, 1.82) is 0 Å². The van der Waals surface area contributed by atoms with Crippen molar-refractivity contribution in [2.24, 2.45) is 5.92 Å². The first-order valence-electron chi connectivity index (χ1n) is 5.52. The number of hydrogen-bond acceptors (Lipinski definition) is 3. The van der Waals surface area contributed by atoms with E-state index < -0.39 is 0 Å². The fourth-order valence-corrected chi connectivity index (χ4v) is 1.79. The zero-order chi connectivity index (χ0) is 11.3. The Morgan fingerprint density at radius 3 is 2.80 bits per heavy atom. The van der Waals surface area contributed by atoms with Gasteiger partial charge >= 0.3 is 0 Å². The Labute approximate surface area is 92.5 Å². The molecular formula is C12H22N2O. The first kappa shape index (κ1) is 12.3. The van der Waals surface area contributed by atoms with Gasteiger partial charge in [0, 0.05) is 18.7 Å². The highest BCUT2D eigenvalue weighted by molar-refractivity contribution is 5.16. The fraction of sp³-hybridized carbons (Fsp3) is 0.667. The molecule has 0 aliphatic carbocycles. The fourth-order valence-electron chi connectivity index (χ4n) is 1.79. The predicted octanol–water partition coefficient (Wildman–Crippen LogP) is 2.09. The molecule has 0 saturated heterocycles. The molecule has 1 N–H and O–H groups in total. The summed E-state index contributed by atoms with van der Waals surface area (Å²) >= 11 is 0. The molecule has 3 heteroatoms. The van der Waals surface area contributed by atoms with E-state index in [-0.39, 0.29) is 0 Å². The topological polar surface area (TPSA) is 28.4 Å². The molecule has 0 atom stereocenters. The van der Waals surface area contributed by atoms with Crippen molar-refractivity contribution in [3.63, 3.8) is 0 Å². The van der Waals surface area contributed by atoms with Crippen LogP contribution in [0.5, 0.6) is 0 Å². The van der Waals surface area contributed by atoms with Crippen molar-refractivity contribution in [2.45, 2.75) is 26.9 Å². The average molecular weight is 210 g/mol. The van der Waals surface area contributed by atoms with Gasteiger partial charge in [-0.25, -0.2) is 0 Å². The molecule has 0 unspecified atom stereocenters. The lowest BCUT2D eigenvalue weighted by atomic mass is 10.2. The van der Waals surface area contributed by atoms with Crippen molar-refractivity contribution >= 4 is 0 Å². The van der Waals surface area contributed by atoms with Crippen molar-refractivity contribution < 1.29 is 4.42 Å². The smallest absolute Gasteiger partial charge is 0.122 e. The molecule has 0 amide bonds. The molecule has 15 heavy (non-hydrogen) atoms. The third-order valence-corrected chi connectivity index (χ3v) is 2.30. The maximum Gasteiger partial charge on any atom is 0.122 e. The summed E-state index contributed by atoms with van der Waals surface area (Å²) in [6.45, 7) is 7.32. The second-order valence-electron chi connectivity index (χ2n) is 4.49. The lowest BCUT2D eigenvalue weighted by Crippen LogP contribution is -2.23. The number of nitrogens with zero attached hydrogens (tertiary/aromatic N) is 1. The van der Waals surface area contributed by atoms with Crippen LogP contribution in [0.4, 0.5) is 0 Å². The summed E-state index contributed by atoms with van der Waals surface area (Å²) in [4.78, 5) is 2.29. The first-order chi connectivity index (χ1) is 7.13. The van der Waals surface area contributed by atoms with E-state index in [9.17, 15) is 0 Å². The van der Waals surface area contributed by atoms with Crippen LogP contribution in [-0.2, 0) is 13.1 Å². The Balaban J connectivity index is 2.51. The summed E-state index contributed by atoms with van der Waals surface area (Å²) in [7, 11) is 4.08. The molecule has 0 aliphatic heterocycles. The van der Waals surface area contributed by atoms with Crippen LogP contribution in [0, 0.1) is 5.92 Å². The van der Waals surface area contributed by atoms with Gasteiger partial charge in [-0.15, -0.1) is 0 Å². The van der Waals surface area contributed by atoms with Crippen molar-refractivity contribution in [3.8, 4) is 0 Å².